The van der Waals surface area contributed by atoms with Gasteiger partial charge in [-0.1, -0.05) is 27.5 Å². The molecule has 2 rings (SSSR count). The molecule has 1 heterocycles. The smallest absolute Gasteiger partial charge is 0.142 e. The number of rotatable bonds is 0. The van der Waals surface area contributed by atoms with E-state index >= 15 is 0 Å². The van der Waals surface area contributed by atoms with Crippen LogP contribution in [0.15, 0.2) is 6.20 Å². The van der Waals surface area contributed by atoms with Crippen LogP contribution in [0, 0.1) is 13.8 Å². The molecule has 0 aliphatic carbocycles. The van der Waals surface area contributed by atoms with Crippen molar-refractivity contribution < 1.29 is 0 Å². The van der Waals surface area contributed by atoms with E-state index in [4.69, 9.17) is 31.4 Å². The second kappa shape index (κ2) is 3.73. The highest BCUT2D eigenvalue weighted by molar-refractivity contribution is 6.56. The maximum atomic E-state index is 6.04. The quantitative estimate of drug-likeness (QED) is 0.446. The average molecular weight is 196 g/mol. The van der Waals surface area contributed by atoms with Crippen molar-refractivity contribution in [2.75, 3.05) is 0 Å². The van der Waals surface area contributed by atoms with Gasteiger partial charge in [0.05, 0.1) is 0 Å². The van der Waals surface area contributed by atoms with Crippen molar-refractivity contribution in [2.45, 2.75) is 13.8 Å². The van der Waals surface area contributed by atoms with Crippen LogP contribution in [0.2, 0.25) is 0 Å². The molecule has 8 radical (unpaired) electrons. The lowest BCUT2D eigenvalue weighted by molar-refractivity contribution is 1.40. The van der Waals surface area contributed by atoms with Crippen molar-refractivity contribution >= 4 is 64.1 Å². The number of benzene rings is 1. The van der Waals surface area contributed by atoms with Crippen LogP contribution in [0.25, 0.3) is 10.8 Å². The van der Waals surface area contributed by atoms with Crippen LogP contribution in [0.1, 0.15) is 11.1 Å². The topological polar surface area (TPSA) is 12.9 Å². The van der Waals surface area contributed by atoms with Crippen molar-refractivity contribution in [3.8, 4) is 0 Å². The number of hydrogen-bond donors (Lipinski definition) is 0. The number of pyridine rings is 1. The SMILES string of the molecule is [B]c1cnc([B])c2c([B])c(C)c(C)c([B])c12. The number of nitrogens with zero attached hydrogens (tertiary/aromatic N) is 1. The highest BCUT2D eigenvalue weighted by Gasteiger charge is 2.11. The Kier molecular flexibility index (Phi) is 2.65. The van der Waals surface area contributed by atoms with E-state index in [9.17, 15) is 0 Å². The summed E-state index contributed by atoms with van der Waals surface area (Å²) in [7, 11) is 23.7. The van der Waals surface area contributed by atoms with E-state index in [1.54, 1.807) is 0 Å². The summed E-state index contributed by atoms with van der Waals surface area (Å²) in [4.78, 5) is 4.00. The van der Waals surface area contributed by atoms with Crippen molar-refractivity contribution in [1.29, 1.82) is 0 Å². The Balaban J connectivity index is 3.14. The van der Waals surface area contributed by atoms with Crippen LogP contribution in [-0.4, -0.2) is 36.4 Å². The third-order valence-corrected chi connectivity index (χ3v) is 3.05. The number of hydrogen-bond acceptors (Lipinski definition) is 1. The van der Waals surface area contributed by atoms with Crippen molar-refractivity contribution in [3.05, 3.63) is 17.3 Å². The molecule has 1 aromatic heterocycles. The summed E-state index contributed by atoms with van der Waals surface area (Å²) in [6, 6.07) is 0. The van der Waals surface area contributed by atoms with E-state index < -0.39 is 0 Å². The predicted molar refractivity (Wildman–Crippen MR) is 72.8 cm³/mol. The molecule has 2 aromatic rings. The van der Waals surface area contributed by atoms with Gasteiger partial charge in [0.25, 0.3) is 0 Å². The number of aromatic nitrogens is 1. The van der Waals surface area contributed by atoms with E-state index in [0.29, 0.717) is 32.8 Å². The molecule has 0 aliphatic rings. The molecule has 68 valence electrons. The van der Waals surface area contributed by atoms with Crippen LogP contribution in [0.5, 0.6) is 0 Å². The Morgan fingerprint density at radius 3 is 1.94 bits per heavy atom. The number of fused-ring (bicyclic) bond motifs is 1. The second-order valence-corrected chi connectivity index (χ2v) is 3.93. The van der Waals surface area contributed by atoms with Gasteiger partial charge in [-0.15, -0.1) is 0 Å². The lowest BCUT2D eigenvalue weighted by Gasteiger charge is -2.18. The average Bonchev–Trinajstić information content (AvgIpc) is 2.26. The normalized spacial score (nSPS) is 10.9. The summed E-state index contributed by atoms with van der Waals surface area (Å²) in [5.74, 6) is 0. The molecule has 5 heteroatoms. The van der Waals surface area contributed by atoms with Gasteiger partial charge in [-0.2, -0.15) is 0 Å². The summed E-state index contributed by atoms with van der Waals surface area (Å²) in [5.41, 5.74) is 3.92. The zero-order valence-electron chi connectivity index (χ0n) is 9.33. The molecule has 16 heavy (non-hydrogen) atoms. The van der Waals surface area contributed by atoms with Gasteiger partial charge in [-0.3, -0.25) is 4.98 Å². The Hall–Kier alpha value is -1.11. The van der Waals surface area contributed by atoms with Gasteiger partial charge in [0.1, 0.15) is 31.4 Å². The van der Waals surface area contributed by atoms with Crippen molar-refractivity contribution in [2.24, 2.45) is 0 Å². The molecule has 0 saturated heterocycles. The van der Waals surface area contributed by atoms with E-state index in [0.717, 1.165) is 11.1 Å². The van der Waals surface area contributed by atoms with Crippen LogP contribution in [0.4, 0.5) is 0 Å². The molecule has 0 atom stereocenters. The highest BCUT2D eigenvalue weighted by Crippen LogP contribution is 2.09. The fourth-order valence-electron chi connectivity index (χ4n) is 1.88. The molecule has 0 saturated carbocycles. The molecule has 0 unspecified atom stereocenters. The first-order valence-electron chi connectivity index (χ1n) is 4.93. The molecule has 0 fully saturated rings. The zero-order chi connectivity index (χ0) is 12.0. The van der Waals surface area contributed by atoms with Gasteiger partial charge in [0.2, 0.25) is 0 Å². The van der Waals surface area contributed by atoms with Crippen LogP contribution >= 0.6 is 0 Å². The van der Waals surface area contributed by atoms with Gasteiger partial charge >= 0.3 is 0 Å². The maximum absolute atomic E-state index is 6.04. The minimum absolute atomic E-state index is 0.358. The van der Waals surface area contributed by atoms with Crippen molar-refractivity contribution in [3.63, 3.8) is 0 Å². The van der Waals surface area contributed by atoms with Crippen LogP contribution in [-0.2, 0) is 0 Å². The Morgan fingerprint density at radius 2 is 1.38 bits per heavy atom. The first-order chi connectivity index (χ1) is 7.45. The third kappa shape index (κ3) is 1.41. The molecule has 1 aromatic carbocycles. The molecule has 1 nitrogen and oxygen atoms in total. The Morgan fingerprint density at radius 1 is 0.875 bits per heavy atom. The fraction of sp³-hybridized carbons (Fsp3) is 0.182. The van der Waals surface area contributed by atoms with E-state index in [1.807, 2.05) is 13.8 Å². The van der Waals surface area contributed by atoms with Crippen LogP contribution < -0.4 is 22.0 Å². The van der Waals surface area contributed by atoms with Gasteiger partial charge < -0.3 is 0 Å². The summed E-state index contributed by atoms with van der Waals surface area (Å²) < 4.78 is 0. The standard InChI is InChI=1S/C11H7B4N/c1-4-5(2)10(14)8-7(9(4)13)6(12)3-16-11(8)15/h3H,1-2H3. The second-order valence-electron chi connectivity index (χ2n) is 3.93. The summed E-state index contributed by atoms with van der Waals surface area (Å²) in [6.45, 7) is 3.82. The Labute approximate surface area is 101 Å². The Bertz CT molecular complexity index is 540. The van der Waals surface area contributed by atoms with E-state index in [2.05, 4.69) is 4.98 Å². The van der Waals surface area contributed by atoms with Gasteiger partial charge in [-0.25, -0.2) is 0 Å². The molecular weight excluding hydrogens is 189 g/mol. The molecule has 0 amide bonds. The van der Waals surface area contributed by atoms with Gasteiger partial charge in [-0.05, 0) is 30.2 Å². The third-order valence-electron chi connectivity index (χ3n) is 3.05. The zero-order valence-corrected chi connectivity index (χ0v) is 9.33. The summed E-state index contributed by atoms with van der Waals surface area (Å²) in [5, 5.41) is 1.36. The summed E-state index contributed by atoms with van der Waals surface area (Å²) >= 11 is 0. The van der Waals surface area contributed by atoms with E-state index in [1.165, 1.54) is 6.20 Å². The predicted octanol–water partition coefficient (Wildman–Crippen LogP) is -1.97. The first-order valence-corrected chi connectivity index (χ1v) is 4.93. The molecule has 0 aliphatic heterocycles. The van der Waals surface area contributed by atoms with Gasteiger partial charge in [0, 0.05) is 6.20 Å². The largest absolute Gasteiger partial charge is 0.273 e. The highest BCUT2D eigenvalue weighted by atomic mass is 14.6. The lowest BCUT2D eigenvalue weighted by Crippen LogP contribution is -2.32. The lowest BCUT2D eigenvalue weighted by atomic mass is 9.71. The van der Waals surface area contributed by atoms with Crippen molar-refractivity contribution in [1.82, 2.24) is 4.98 Å². The fourth-order valence-corrected chi connectivity index (χ4v) is 1.88. The van der Waals surface area contributed by atoms with E-state index in [-0.39, 0.29) is 0 Å². The minimum atomic E-state index is 0.358. The van der Waals surface area contributed by atoms with Crippen LogP contribution in [0.3, 0.4) is 0 Å². The summed E-state index contributed by atoms with van der Waals surface area (Å²) in [6.07, 6.45) is 1.50. The molecular formula is C11H7B4N. The monoisotopic (exact) mass is 197 g/mol. The maximum Gasteiger partial charge on any atom is 0.142 e. The molecule has 0 N–H and O–H groups in total. The first kappa shape index (κ1) is 11.4. The molecule has 0 bridgehead atoms. The minimum Gasteiger partial charge on any atom is -0.273 e. The molecule has 0 spiro atoms. The van der Waals surface area contributed by atoms with Gasteiger partial charge in [0.15, 0.2) is 0 Å².